The van der Waals surface area contributed by atoms with Crippen LogP contribution in [0.25, 0.3) is 5.52 Å². The van der Waals surface area contributed by atoms with Gasteiger partial charge < -0.3 is 9.64 Å². The number of pyridine rings is 1. The van der Waals surface area contributed by atoms with E-state index in [1.54, 1.807) is 16.3 Å². The highest BCUT2D eigenvalue weighted by molar-refractivity contribution is 6.02. The molecule has 0 aliphatic heterocycles. The van der Waals surface area contributed by atoms with Gasteiger partial charge in [0.25, 0.3) is 0 Å². The molecular weight excluding hydrogens is 218 g/mol. The molecule has 0 unspecified atom stereocenters. The van der Waals surface area contributed by atoms with Crippen molar-refractivity contribution in [3.63, 3.8) is 0 Å². The SMILES string of the molecule is CCOC(=O)c1c(N(C)C)nn2ccccc12. The van der Waals surface area contributed by atoms with Crippen molar-refractivity contribution in [2.45, 2.75) is 6.92 Å². The smallest absolute Gasteiger partial charge is 0.344 e. The van der Waals surface area contributed by atoms with Gasteiger partial charge in [-0.25, -0.2) is 9.31 Å². The molecule has 0 N–H and O–H groups in total. The second-order valence-corrected chi connectivity index (χ2v) is 3.84. The molecule has 2 heterocycles. The molecule has 2 rings (SSSR count). The van der Waals surface area contributed by atoms with Crippen molar-refractivity contribution in [1.29, 1.82) is 0 Å². The summed E-state index contributed by atoms with van der Waals surface area (Å²) in [6.07, 6.45) is 1.81. The number of aromatic nitrogens is 2. The van der Waals surface area contributed by atoms with Crippen LogP contribution in [0.1, 0.15) is 17.3 Å². The number of rotatable bonds is 3. The van der Waals surface area contributed by atoms with Gasteiger partial charge >= 0.3 is 5.97 Å². The van der Waals surface area contributed by atoms with Gasteiger partial charge in [-0.3, -0.25) is 0 Å². The second-order valence-electron chi connectivity index (χ2n) is 3.84. The molecule has 0 spiro atoms. The second kappa shape index (κ2) is 4.45. The molecule has 0 aliphatic rings. The number of carbonyl (C=O) groups is 1. The monoisotopic (exact) mass is 233 g/mol. The number of nitrogens with zero attached hydrogens (tertiary/aromatic N) is 3. The highest BCUT2D eigenvalue weighted by atomic mass is 16.5. The minimum absolute atomic E-state index is 0.336. The Kier molecular flexibility index (Phi) is 2.99. The average Bonchev–Trinajstić information content (AvgIpc) is 2.68. The third-order valence-corrected chi connectivity index (χ3v) is 2.42. The molecule has 17 heavy (non-hydrogen) atoms. The maximum absolute atomic E-state index is 11.9. The number of hydrogen-bond donors (Lipinski definition) is 0. The minimum atomic E-state index is -0.336. The van der Waals surface area contributed by atoms with E-state index in [1.807, 2.05) is 38.5 Å². The Labute approximate surface area is 99.6 Å². The molecule has 0 saturated heterocycles. The lowest BCUT2D eigenvalue weighted by atomic mass is 10.2. The first-order valence-corrected chi connectivity index (χ1v) is 5.47. The van der Waals surface area contributed by atoms with Gasteiger partial charge in [0.15, 0.2) is 5.82 Å². The quantitative estimate of drug-likeness (QED) is 0.755. The highest BCUT2D eigenvalue weighted by Gasteiger charge is 2.21. The van der Waals surface area contributed by atoms with Gasteiger partial charge in [-0.15, -0.1) is 5.10 Å². The van der Waals surface area contributed by atoms with Crippen molar-refractivity contribution in [1.82, 2.24) is 9.61 Å². The largest absolute Gasteiger partial charge is 0.462 e. The predicted molar refractivity (Wildman–Crippen MR) is 65.5 cm³/mol. The minimum Gasteiger partial charge on any atom is -0.462 e. The molecule has 0 bridgehead atoms. The molecule has 2 aromatic heterocycles. The summed E-state index contributed by atoms with van der Waals surface area (Å²) in [5.41, 5.74) is 1.27. The van der Waals surface area contributed by atoms with E-state index in [9.17, 15) is 4.79 Å². The lowest BCUT2D eigenvalue weighted by Gasteiger charge is -2.10. The van der Waals surface area contributed by atoms with E-state index in [1.165, 1.54) is 0 Å². The van der Waals surface area contributed by atoms with Crippen LogP contribution < -0.4 is 4.90 Å². The third kappa shape index (κ3) is 1.95. The zero-order valence-corrected chi connectivity index (χ0v) is 10.2. The standard InChI is InChI=1S/C12H15N3O2/c1-4-17-12(16)10-9-7-5-6-8-15(9)13-11(10)14(2)3/h5-8H,4H2,1-3H3. The first-order valence-electron chi connectivity index (χ1n) is 5.47. The van der Waals surface area contributed by atoms with Crippen LogP contribution in [0.15, 0.2) is 24.4 Å². The molecule has 0 amide bonds. The van der Waals surface area contributed by atoms with Gasteiger partial charge in [0, 0.05) is 20.3 Å². The van der Waals surface area contributed by atoms with Gasteiger partial charge in [-0.2, -0.15) is 0 Å². The summed E-state index contributed by atoms with van der Waals surface area (Å²) < 4.78 is 6.75. The summed E-state index contributed by atoms with van der Waals surface area (Å²) >= 11 is 0. The fourth-order valence-electron chi connectivity index (χ4n) is 1.70. The van der Waals surface area contributed by atoms with Gasteiger partial charge in [-0.05, 0) is 19.1 Å². The zero-order chi connectivity index (χ0) is 12.4. The maximum Gasteiger partial charge on any atom is 0.344 e. The average molecular weight is 233 g/mol. The topological polar surface area (TPSA) is 46.8 Å². The van der Waals surface area contributed by atoms with Crippen molar-refractivity contribution in [2.24, 2.45) is 0 Å². The van der Waals surface area contributed by atoms with Crippen LogP contribution in [0.3, 0.4) is 0 Å². The van der Waals surface area contributed by atoms with Crippen LogP contribution >= 0.6 is 0 Å². The number of hydrogen-bond acceptors (Lipinski definition) is 4. The molecule has 0 atom stereocenters. The van der Waals surface area contributed by atoms with E-state index in [-0.39, 0.29) is 5.97 Å². The van der Waals surface area contributed by atoms with Crippen molar-refractivity contribution in [3.05, 3.63) is 30.0 Å². The molecule has 90 valence electrons. The van der Waals surface area contributed by atoms with Gasteiger partial charge in [0.1, 0.15) is 5.56 Å². The maximum atomic E-state index is 11.9. The summed E-state index contributed by atoms with van der Waals surface area (Å²) in [5.74, 6) is 0.284. The molecule has 0 fully saturated rings. The summed E-state index contributed by atoms with van der Waals surface area (Å²) in [6, 6.07) is 5.60. The van der Waals surface area contributed by atoms with Gasteiger partial charge in [0.2, 0.25) is 0 Å². The molecule has 0 aliphatic carbocycles. The predicted octanol–water partition coefficient (Wildman–Crippen LogP) is 1.58. The van der Waals surface area contributed by atoms with Crippen LogP contribution in [-0.2, 0) is 4.74 Å². The Morgan fingerprint density at radius 1 is 1.47 bits per heavy atom. The first-order chi connectivity index (χ1) is 8.15. The normalized spacial score (nSPS) is 10.5. The van der Waals surface area contributed by atoms with E-state index in [4.69, 9.17) is 4.74 Å². The van der Waals surface area contributed by atoms with E-state index >= 15 is 0 Å². The van der Waals surface area contributed by atoms with Crippen molar-refractivity contribution >= 4 is 17.3 Å². The molecule has 5 nitrogen and oxygen atoms in total. The lowest BCUT2D eigenvalue weighted by molar-refractivity contribution is 0.0529. The third-order valence-electron chi connectivity index (χ3n) is 2.42. The summed E-state index contributed by atoms with van der Waals surface area (Å²) in [5, 5.41) is 4.36. The molecule has 0 aromatic carbocycles. The molecule has 0 saturated carbocycles. The van der Waals surface area contributed by atoms with Crippen molar-refractivity contribution in [3.8, 4) is 0 Å². The molecule has 5 heteroatoms. The number of esters is 1. The summed E-state index contributed by atoms with van der Waals surface area (Å²) in [7, 11) is 3.70. The fraction of sp³-hybridized carbons (Fsp3) is 0.333. The van der Waals surface area contributed by atoms with Gasteiger partial charge in [-0.1, -0.05) is 6.07 Å². The first kappa shape index (κ1) is 11.4. The van der Waals surface area contributed by atoms with Crippen LogP contribution in [0.4, 0.5) is 5.82 Å². The number of anilines is 1. The molecule has 2 aromatic rings. The Hall–Kier alpha value is -2.04. The highest BCUT2D eigenvalue weighted by Crippen LogP contribution is 2.23. The Balaban J connectivity index is 2.63. The Morgan fingerprint density at radius 3 is 2.88 bits per heavy atom. The zero-order valence-electron chi connectivity index (χ0n) is 10.2. The Morgan fingerprint density at radius 2 is 2.24 bits per heavy atom. The fourth-order valence-corrected chi connectivity index (χ4v) is 1.70. The van der Waals surface area contributed by atoms with Crippen LogP contribution in [0.5, 0.6) is 0 Å². The molecular formula is C12H15N3O2. The molecule has 0 radical (unpaired) electrons. The Bertz CT molecular complexity index is 546. The summed E-state index contributed by atoms with van der Waals surface area (Å²) in [6.45, 7) is 2.15. The van der Waals surface area contributed by atoms with Gasteiger partial charge in [0.05, 0.1) is 12.1 Å². The lowest BCUT2D eigenvalue weighted by Crippen LogP contribution is -2.14. The van der Waals surface area contributed by atoms with Crippen LogP contribution in [0, 0.1) is 0 Å². The van der Waals surface area contributed by atoms with E-state index in [0.717, 1.165) is 5.52 Å². The van der Waals surface area contributed by atoms with E-state index < -0.39 is 0 Å². The van der Waals surface area contributed by atoms with Crippen molar-refractivity contribution in [2.75, 3.05) is 25.6 Å². The summed E-state index contributed by atoms with van der Waals surface area (Å²) in [4.78, 5) is 13.7. The van der Waals surface area contributed by atoms with Crippen molar-refractivity contribution < 1.29 is 9.53 Å². The van der Waals surface area contributed by atoms with E-state index in [0.29, 0.717) is 18.0 Å². The van der Waals surface area contributed by atoms with E-state index in [2.05, 4.69) is 5.10 Å². The van der Waals surface area contributed by atoms with Crippen LogP contribution in [-0.4, -0.2) is 36.3 Å². The number of carbonyl (C=O) groups excluding carboxylic acids is 1. The van der Waals surface area contributed by atoms with Crippen LogP contribution in [0.2, 0.25) is 0 Å². The number of ether oxygens (including phenoxy) is 1. The number of fused-ring (bicyclic) bond motifs is 1.